The maximum Gasteiger partial charge on any atom is 0.255 e. The number of carbonyl (C=O) groups excluding carboxylic acids is 2. The summed E-state index contributed by atoms with van der Waals surface area (Å²) in [5, 5.41) is 2.88. The summed E-state index contributed by atoms with van der Waals surface area (Å²) in [7, 11) is 0. The minimum Gasteiger partial charge on any atom is -0.349 e. The highest BCUT2D eigenvalue weighted by atomic mass is 19.1. The molecule has 1 aromatic carbocycles. The van der Waals surface area contributed by atoms with Crippen LogP contribution in [0.3, 0.4) is 0 Å². The number of benzene rings is 1. The second-order valence-corrected chi connectivity index (χ2v) is 8.15. The minimum atomic E-state index is -0.437. The van der Waals surface area contributed by atoms with Gasteiger partial charge in [0, 0.05) is 36.0 Å². The molecular formula is C23H26FN3O2. The number of hydrogen-bond donors (Lipinski definition) is 1. The van der Waals surface area contributed by atoms with Crippen LogP contribution in [0.1, 0.15) is 65.3 Å². The van der Waals surface area contributed by atoms with E-state index in [0.717, 1.165) is 38.6 Å². The summed E-state index contributed by atoms with van der Waals surface area (Å²) in [5.41, 5.74) is 2.37. The molecule has 1 saturated carbocycles. The third-order valence-electron chi connectivity index (χ3n) is 5.87. The van der Waals surface area contributed by atoms with E-state index in [1.807, 2.05) is 4.90 Å². The Morgan fingerprint density at radius 1 is 1.14 bits per heavy atom. The van der Waals surface area contributed by atoms with Crippen molar-refractivity contribution in [3.05, 3.63) is 53.0 Å². The van der Waals surface area contributed by atoms with Gasteiger partial charge in [0.1, 0.15) is 5.82 Å². The molecule has 2 fully saturated rings. The lowest BCUT2D eigenvalue weighted by molar-refractivity contribution is 0.0635. The van der Waals surface area contributed by atoms with Gasteiger partial charge in [0.15, 0.2) is 0 Å². The van der Waals surface area contributed by atoms with Crippen molar-refractivity contribution < 1.29 is 14.0 Å². The smallest absolute Gasteiger partial charge is 0.255 e. The lowest BCUT2D eigenvalue weighted by Crippen LogP contribution is -2.42. The van der Waals surface area contributed by atoms with Crippen molar-refractivity contribution in [2.45, 2.75) is 58.0 Å². The van der Waals surface area contributed by atoms with Gasteiger partial charge in [0.2, 0.25) is 0 Å². The van der Waals surface area contributed by atoms with Crippen LogP contribution < -0.4 is 5.32 Å². The first-order valence-electron chi connectivity index (χ1n) is 10.3. The molecule has 0 spiro atoms. The Hall–Kier alpha value is -2.76. The van der Waals surface area contributed by atoms with E-state index in [1.165, 1.54) is 6.07 Å². The highest BCUT2D eigenvalue weighted by Crippen LogP contribution is 2.27. The van der Waals surface area contributed by atoms with Gasteiger partial charge < -0.3 is 10.2 Å². The van der Waals surface area contributed by atoms with Crippen LogP contribution in [0, 0.1) is 12.7 Å². The van der Waals surface area contributed by atoms with Gasteiger partial charge in [-0.1, -0.05) is 0 Å². The fourth-order valence-electron chi connectivity index (χ4n) is 3.82. The molecule has 1 aliphatic carbocycles. The molecule has 5 nitrogen and oxygen atoms in total. The van der Waals surface area contributed by atoms with Gasteiger partial charge in [-0.25, -0.2) is 4.39 Å². The monoisotopic (exact) mass is 395 g/mol. The molecule has 29 heavy (non-hydrogen) atoms. The van der Waals surface area contributed by atoms with Crippen molar-refractivity contribution in [2.24, 2.45) is 0 Å². The summed E-state index contributed by atoms with van der Waals surface area (Å²) in [6.07, 6.45) is 6.69. The summed E-state index contributed by atoms with van der Waals surface area (Å²) in [6.45, 7) is 4.51. The first-order valence-corrected chi connectivity index (χ1v) is 10.3. The van der Waals surface area contributed by atoms with E-state index in [2.05, 4.69) is 17.2 Å². The average Bonchev–Trinajstić information content (AvgIpc) is 3.54. The van der Waals surface area contributed by atoms with Crippen LogP contribution in [0.25, 0.3) is 11.3 Å². The van der Waals surface area contributed by atoms with Crippen molar-refractivity contribution in [1.82, 2.24) is 15.2 Å². The number of nitrogens with zero attached hydrogens (tertiary/aromatic N) is 2. The number of likely N-dealkylation sites (tertiary alicyclic amines) is 1. The lowest BCUT2D eigenvalue weighted by Gasteiger charge is -2.33. The van der Waals surface area contributed by atoms with Crippen molar-refractivity contribution in [1.29, 1.82) is 0 Å². The third-order valence-corrected chi connectivity index (χ3v) is 5.87. The minimum absolute atomic E-state index is 0.0169. The Balaban J connectivity index is 1.59. The summed E-state index contributed by atoms with van der Waals surface area (Å²) in [4.78, 5) is 31.5. The summed E-state index contributed by atoms with van der Waals surface area (Å²) >= 11 is 0. The first-order chi connectivity index (χ1) is 13.9. The van der Waals surface area contributed by atoms with Gasteiger partial charge >= 0.3 is 0 Å². The topological polar surface area (TPSA) is 62.3 Å². The van der Waals surface area contributed by atoms with Gasteiger partial charge in [0.05, 0.1) is 11.3 Å². The Kier molecular flexibility index (Phi) is 5.35. The van der Waals surface area contributed by atoms with Gasteiger partial charge in [-0.2, -0.15) is 0 Å². The van der Waals surface area contributed by atoms with Crippen LogP contribution >= 0.6 is 0 Å². The number of nitrogens with one attached hydrogen (secondary N) is 1. The molecule has 2 heterocycles. The molecular weight excluding hydrogens is 369 g/mol. The van der Waals surface area contributed by atoms with Gasteiger partial charge in [-0.3, -0.25) is 14.6 Å². The third kappa shape index (κ3) is 4.16. The average molecular weight is 395 g/mol. The maximum atomic E-state index is 14.5. The van der Waals surface area contributed by atoms with E-state index in [-0.39, 0.29) is 23.9 Å². The van der Waals surface area contributed by atoms with E-state index in [1.54, 1.807) is 31.3 Å². The molecule has 6 heteroatoms. The van der Waals surface area contributed by atoms with Crippen LogP contribution in [-0.2, 0) is 0 Å². The van der Waals surface area contributed by atoms with Crippen molar-refractivity contribution >= 4 is 11.8 Å². The normalized spacial score (nSPS) is 19.1. The number of hydrogen-bond acceptors (Lipinski definition) is 3. The molecule has 2 aliphatic rings. The fraction of sp³-hybridized carbons (Fsp3) is 0.435. The van der Waals surface area contributed by atoms with E-state index >= 15 is 0 Å². The quantitative estimate of drug-likeness (QED) is 0.848. The second kappa shape index (κ2) is 7.93. The predicted molar refractivity (Wildman–Crippen MR) is 109 cm³/mol. The molecule has 4 rings (SSSR count). The fourth-order valence-corrected chi connectivity index (χ4v) is 3.82. The first kappa shape index (κ1) is 19.6. The van der Waals surface area contributed by atoms with Crippen LogP contribution in [0.2, 0.25) is 0 Å². The number of halogens is 1. The molecule has 1 aliphatic heterocycles. The number of rotatable bonds is 4. The number of carbonyl (C=O) groups is 2. The summed E-state index contributed by atoms with van der Waals surface area (Å²) in [5.74, 6) is -0.720. The molecule has 1 unspecified atom stereocenters. The van der Waals surface area contributed by atoms with E-state index in [9.17, 15) is 14.0 Å². The molecule has 1 atom stereocenters. The zero-order valence-corrected chi connectivity index (χ0v) is 16.9. The number of aromatic nitrogens is 1. The second-order valence-electron chi connectivity index (χ2n) is 8.15. The van der Waals surface area contributed by atoms with Gasteiger partial charge in [-0.15, -0.1) is 0 Å². The summed E-state index contributed by atoms with van der Waals surface area (Å²) < 4.78 is 14.5. The van der Waals surface area contributed by atoms with E-state index in [0.29, 0.717) is 27.9 Å². The Labute approximate surface area is 170 Å². The molecule has 2 amide bonds. The Bertz CT molecular complexity index is 938. The zero-order chi connectivity index (χ0) is 20.5. The number of piperidine rings is 1. The van der Waals surface area contributed by atoms with Crippen molar-refractivity contribution in [3.63, 3.8) is 0 Å². The van der Waals surface area contributed by atoms with Crippen LogP contribution in [0.15, 0.2) is 30.5 Å². The highest BCUT2D eigenvalue weighted by Gasteiger charge is 2.26. The molecule has 1 N–H and O–H groups in total. The van der Waals surface area contributed by atoms with Crippen LogP contribution in [0.4, 0.5) is 4.39 Å². The molecule has 1 saturated heterocycles. The van der Waals surface area contributed by atoms with Crippen LogP contribution in [0.5, 0.6) is 0 Å². The summed E-state index contributed by atoms with van der Waals surface area (Å²) in [6, 6.07) is 6.84. The van der Waals surface area contributed by atoms with Crippen molar-refractivity contribution in [3.8, 4) is 11.3 Å². The molecule has 1 aromatic heterocycles. The Morgan fingerprint density at radius 3 is 2.59 bits per heavy atom. The molecule has 2 aromatic rings. The molecule has 0 bridgehead atoms. The highest BCUT2D eigenvalue weighted by molar-refractivity contribution is 5.96. The lowest BCUT2D eigenvalue weighted by atomic mass is 9.99. The standard InChI is InChI=1S/C23H26FN3O2/c1-14-5-3-4-10-27(14)23(29)16-6-9-21(25-13-16)19-11-17(12-20(24)15(19)2)22(28)26-18-7-8-18/h6,9,11-14,18H,3-5,7-8,10H2,1-2H3,(H,26,28). The molecule has 152 valence electrons. The van der Waals surface area contributed by atoms with Crippen molar-refractivity contribution in [2.75, 3.05) is 6.54 Å². The van der Waals surface area contributed by atoms with E-state index < -0.39 is 5.82 Å². The van der Waals surface area contributed by atoms with Crippen LogP contribution in [-0.4, -0.2) is 40.3 Å². The Morgan fingerprint density at radius 2 is 1.93 bits per heavy atom. The maximum absolute atomic E-state index is 14.5. The molecule has 0 radical (unpaired) electrons. The number of pyridine rings is 1. The van der Waals surface area contributed by atoms with Gasteiger partial charge in [0.25, 0.3) is 11.8 Å². The van der Waals surface area contributed by atoms with E-state index in [4.69, 9.17) is 0 Å². The zero-order valence-electron chi connectivity index (χ0n) is 16.9. The predicted octanol–water partition coefficient (Wildman–Crippen LogP) is 4.10. The van der Waals surface area contributed by atoms with Gasteiger partial charge in [-0.05, 0) is 75.8 Å². The largest absolute Gasteiger partial charge is 0.349 e. The number of amides is 2. The SMILES string of the molecule is Cc1c(F)cc(C(=O)NC2CC2)cc1-c1ccc(C(=O)N2CCCCC2C)cn1.